The monoisotopic (exact) mass is 274 g/mol. The van der Waals surface area contributed by atoms with Crippen LogP contribution in [0.2, 0.25) is 0 Å². The van der Waals surface area contributed by atoms with Crippen molar-refractivity contribution in [3.63, 3.8) is 0 Å². The molecule has 0 aromatic heterocycles. The van der Waals surface area contributed by atoms with Crippen molar-refractivity contribution in [2.24, 2.45) is 5.92 Å². The maximum Gasteiger partial charge on any atom is 0.0451 e. The molecule has 1 saturated carbocycles. The topological polar surface area (TPSA) is 15.3 Å². The Balaban J connectivity index is 2.03. The second-order valence-electron chi connectivity index (χ2n) is 6.16. The first kappa shape index (κ1) is 15.5. The van der Waals surface area contributed by atoms with E-state index in [9.17, 15) is 0 Å². The molecule has 20 heavy (non-hydrogen) atoms. The lowest BCUT2D eigenvalue weighted by atomic mass is 10.0. The van der Waals surface area contributed by atoms with Crippen molar-refractivity contribution in [2.45, 2.75) is 46.1 Å². The number of nitrogens with zero attached hydrogens (tertiary/aromatic N) is 1. The average molecular weight is 274 g/mol. The van der Waals surface area contributed by atoms with Crippen molar-refractivity contribution in [2.75, 3.05) is 26.2 Å². The summed E-state index contributed by atoms with van der Waals surface area (Å²) in [6.45, 7) is 11.4. The van der Waals surface area contributed by atoms with Gasteiger partial charge in [-0.25, -0.2) is 0 Å². The number of hydrogen-bond acceptors (Lipinski definition) is 2. The van der Waals surface area contributed by atoms with Crippen LogP contribution in [-0.2, 0) is 0 Å². The van der Waals surface area contributed by atoms with Crippen LogP contribution in [0.1, 0.15) is 50.3 Å². The van der Waals surface area contributed by atoms with Crippen LogP contribution < -0.4 is 5.32 Å². The Labute approximate surface area is 124 Å². The third-order valence-corrected chi connectivity index (χ3v) is 4.31. The summed E-state index contributed by atoms with van der Waals surface area (Å²) in [6, 6.07) is 9.29. The maximum atomic E-state index is 3.74. The van der Waals surface area contributed by atoms with E-state index in [1.165, 1.54) is 36.9 Å². The molecule has 0 spiro atoms. The molecule has 1 aromatic carbocycles. The molecule has 0 bridgehead atoms. The van der Waals surface area contributed by atoms with Crippen LogP contribution in [0.5, 0.6) is 0 Å². The van der Waals surface area contributed by atoms with Gasteiger partial charge in [-0.1, -0.05) is 38.1 Å². The molecular formula is C18H30N2. The van der Waals surface area contributed by atoms with E-state index in [2.05, 4.69) is 55.3 Å². The lowest BCUT2D eigenvalue weighted by Gasteiger charge is -2.28. The molecule has 1 N–H and O–H groups in total. The van der Waals surface area contributed by atoms with Crippen LogP contribution in [0.3, 0.4) is 0 Å². The molecule has 2 rings (SSSR count). The van der Waals surface area contributed by atoms with Gasteiger partial charge in [-0.2, -0.15) is 0 Å². The van der Waals surface area contributed by atoms with Gasteiger partial charge in [0.15, 0.2) is 0 Å². The Morgan fingerprint density at radius 2 is 2.00 bits per heavy atom. The molecule has 2 heteroatoms. The highest BCUT2D eigenvalue weighted by Gasteiger charge is 2.25. The molecule has 1 aliphatic carbocycles. The first-order valence-electron chi connectivity index (χ1n) is 8.25. The highest BCUT2D eigenvalue weighted by atomic mass is 15.1. The summed E-state index contributed by atoms with van der Waals surface area (Å²) in [5, 5.41) is 3.74. The molecule has 1 aromatic rings. The highest BCUT2D eigenvalue weighted by Crippen LogP contribution is 2.30. The summed E-state index contributed by atoms with van der Waals surface area (Å²) >= 11 is 0. The first-order chi connectivity index (χ1) is 9.74. The predicted octanol–water partition coefficient (Wildman–Crippen LogP) is 3.77. The number of nitrogens with one attached hydrogen (secondary N) is 1. The molecule has 0 amide bonds. The Morgan fingerprint density at radius 3 is 2.60 bits per heavy atom. The standard InChI is InChI=1S/C18H30N2/c1-4-12-19-18(17-9-7-6-8-15(17)3)14-20(5-2)13-16-10-11-16/h6-9,16,18-19H,4-5,10-14H2,1-3H3. The number of hydrogen-bond donors (Lipinski definition) is 1. The van der Waals surface area contributed by atoms with Crippen molar-refractivity contribution in [1.82, 2.24) is 10.2 Å². The van der Waals surface area contributed by atoms with E-state index in [1.54, 1.807) is 0 Å². The van der Waals surface area contributed by atoms with Gasteiger partial charge in [0.1, 0.15) is 0 Å². The van der Waals surface area contributed by atoms with E-state index in [-0.39, 0.29) is 0 Å². The molecule has 112 valence electrons. The Bertz CT molecular complexity index is 398. The Morgan fingerprint density at radius 1 is 1.25 bits per heavy atom. The molecule has 0 saturated heterocycles. The number of benzene rings is 1. The molecule has 1 fully saturated rings. The van der Waals surface area contributed by atoms with Gasteiger partial charge in [0, 0.05) is 19.1 Å². The number of likely N-dealkylation sites (N-methyl/N-ethyl adjacent to an activating group) is 1. The summed E-state index contributed by atoms with van der Waals surface area (Å²) in [4.78, 5) is 2.62. The lowest BCUT2D eigenvalue weighted by Crippen LogP contribution is -2.37. The number of aryl methyl sites for hydroxylation is 1. The van der Waals surface area contributed by atoms with Gasteiger partial charge in [-0.05, 0) is 56.3 Å². The fourth-order valence-corrected chi connectivity index (χ4v) is 2.83. The molecule has 1 unspecified atom stereocenters. The van der Waals surface area contributed by atoms with Gasteiger partial charge in [0.25, 0.3) is 0 Å². The SMILES string of the molecule is CCCNC(CN(CC)CC1CC1)c1ccccc1C. The van der Waals surface area contributed by atoms with Gasteiger partial charge in [-0.15, -0.1) is 0 Å². The van der Waals surface area contributed by atoms with E-state index < -0.39 is 0 Å². The third-order valence-electron chi connectivity index (χ3n) is 4.31. The molecule has 0 radical (unpaired) electrons. The molecule has 1 atom stereocenters. The largest absolute Gasteiger partial charge is 0.309 e. The zero-order chi connectivity index (χ0) is 14.4. The summed E-state index contributed by atoms with van der Waals surface area (Å²) < 4.78 is 0. The van der Waals surface area contributed by atoms with Gasteiger partial charge in [-0.3, -0.25) is 0 Å². The van der Waals surface area contributed by atoms with Gasteiger partial charge < -0.3 is 10.2 Å². The van der Waals surface area contributed by atoms with Crippen molar-refractivity contribution >= 4 is 0 Å². The molecule has 0 heterocycles. The third kappa shape index (κ3) is 4.60. The van der Waals surface area contributed by atoms with E-state index in [4.69, 9.17) is 0 Å². The Hall–Kier alpha value is -0.860. The predicted molar refractivity (Wildman–Crippen MR) is 87.1 cm³/mol. The Kier molecular flexibility index (Phi) is 6.06. The summed E-state index contributed by atoms with van der Waals surface area (Å²) in [6.07, 6.45) is 4.07. The minimum Gasteiger partial charge on any atom is -0.309 e. The van der Waals surface area contributed by atoms with E-state index in [0.717, 1.165) is 25.6 Å². The zero-order valence-electron chi connectivity index (χ0n) is 13.4. The van der Waals surface area contributed by atoms with Crippen LogP contribution in [-0.4, -0.2) is 31.1 Å². The maximum absolute atomic E-state index is 3.74. The number of rotatable bonds is 9. The highest BCUT2D eigenvalue weighted by molar-refractivity contribution is 5.29. The quantitative estimate of drug-likeness (QED) is 0.737. The van der Waals surface area contributed by atoms with E-state index in [1.807, 2.05) is 0 Å². The van der Waals surface area contributed by atoms with Crippen LogP contribution in [0.25, 0.3) is 0 Å². The molecule has 0 aliphatic heterocycles. The van der Waals surface area contributed by atoms with Crippen LogP contribution in [0.15, 0.2) is 24.3 Å². The summed E-state index contributed by atoms with van der Waals surface area (Å²) in [5.41, 5.74) is 2.87. The fourth-order valence-electron chi connectivity index (χ4n) is 2.83. The van der Waals surface area contributed by atoms with Crippen LogP contribution in [0, 0.1) is 12.8 Å². The van der Waals surface area contributed by atoms with Crippen molar-refractivity contribution in [1.29, 1.82) is 0 Å². The van der Waals surface area contributed by atoms with Crippen molar-refractivity contribution < 1.29 is 0 Å². The summed E-state index contributed by atoms with van der Waals surface area (Å²) in [5.74, 6) is 0.971. The van der Waals surface area contributed by atoms with Gasteiger partial charge in [0.05, 0.1) is 0 Å². The minimum absolute atomic E-state index is 0.467. The molecular weight excluding hydrogens is 244 g/mol. The second kappa shape index (κ2) is 7.80. The average Bonchev–Trinajstić information content (AvgIpc) is 3.27. The lowest BCUT2D eigenvalue weighted by molar-refractivity contribution is 0.244. The van der Waals surface area contributed by atoms with E-state index >= 15 is 0 Å². The van der Waals surface area contributed by atoms with Gasteiger partial charge >= 0.3 is 0 Å². The van der Waals surface area contributed by atoms with E-state index in [0.29, 0.717) is 6.04 Å². The normalized spacial score (nSPS) is 16.6. The molecule has 1 aliphatic rings. The van der Waals surface area contributed by atoms with Crippen molar-refractivity contribution in [3.8, 4) is 0 Å². The van der Waals surface area contributed by atoms with Crippen LogP contribution in [0.4, 0.5) is 0 Å². The van der Waals surface area contributed by atoms with Gasteiger partial charge in [0.2, 0.25) is 0 Å². The summed E-state index contributed by atoms with van der Waals surface area (Å²) in [7, 11) is 0. The minimum atomic E-state index is 0.467. The van der Waals surface area contributed by atoms with Crippen molar-refractivity contribution in [3.05, 3.63) is 35.4 Å². The molecule has 2 nitrogen and oxygen atoms in total. The second-order valence-corrected chi connectivity index (χ2v) is 6.16. The fraction of sp³-hybridized carbons (Fsp3) is 0.667. The zero-order valence-corrected chi connectivity index (χ0v) is 13.4. The van der Waals surface area contributed by atoms with Crippen LogP contribution >= 0.6 is 0 Å². The first-order valence-corrected chi connectivity index (χ1v) is 8.25. The smallest absolute Gasteiger partial charge is 0.0451 e.